The molecular formula is C7H6ClLiO. The van der Waals surface area contributed by atoms with Crippen molar-refractivity contribution in [3.05, 3.63) is 29.3 Å². The second-order valence-electron chi connectivity index (χ2n) is 1.56. The fourth-order valence-corrected chi connectivity index (χ4v) is 0.764. The van der Waals surface area contributed by atoms with E-state index in [1.165, 1.54) is 0 Å². The average Bonchev–Trinajstić information content (AvgIpc) is 1.89. The summed E-state index contributed by atoms with van der Waals surface area (Å²) >= 11 is 5.67. The van der Waals surface area contributed by atoms with Crippen LogP contribution in [0.25, 0.3) is 0 Å². The number of ether oxygens (including phenoxy) is 1. The Morgan fingerprint density at radius 1 is 1.60 bits per heavy atom. The van der Waals surface area contributed by atoms with Gasteiger partial charge in [0.1, 0.15) is 0 Å². The third-order valence-corrected chi connectivity index (χ3v) is 1.29. The van der Waals surface area contributed by atoms with Crippen LogP contribution in [0.2, 0.25) is 5.02 Å². The van der Waals surface area contributed by atoms with Crippen molar-refractivity contribution < 1.29 is 23.6 Å². The van der Waals surface area contributed by atoms with Crippen molar-refractivity contribution in [3.63, 3.8) is 0 Å². The Kier molecular flexibility index (Phi) is 4.64. The maximum absolute atomic E-state index is 5.67. The molecule has 0 aromatic heterocycles. The Hall–Kier alpha value is -0.0926. The number of benzene rings is 1. The van der Waals surface area contributed by atoms with Crippen LogP contribution in [-0.2, 0) is 0 Å². The molecule has 1 aromatic rings. The van der Waals surface area contributed by atoms with Gasteiger partial charge in [0.25, 0.3) is 0 Å². The fraction of sp³-hybridized carbons (Fsp3) is 0.143. The van der Waals surface area contributed by atoms with E-state index in [2.05, 4.69) is 6.07 Å². The zero-order valence-electron chi connectivity index (χ0n) is 6.02. The van der Waals surface area contributed by atoms with Crippen LogP contribution in [0.1, 0.15) is 0 Å². The number of rotatable bonds is 1. The summed E-state index contributed by atoms with van der Waals surface area (Å²) < 4.78 is 4.89. The average molecular weight is 149 g/mol. The standard InChI is InChI=1S/C7H6ClO.Li/c1-9-7-5-3-2-4-6(7)8;/h3-5H,1H3;/q-1;+1. The van der Waals surface area contributed by atoms with E-state index in [0.717, 1.165) is 0 Å². The van der Waals surface area contributed by atoms with E-state index in [0.29, 0.717) is 10.8 Å². The van der Waals surface area contributed by atoms with Gasteiger partial charge in [-0.3, -0.25) is 0 Å². The molecule has 0 spiro atoms. The second-order valence-corrected chi connectivity index (χ2v) is 1.97. The van der Waals surface area contributed by atoms with Crippen molar-refractivity contribution in [3.8, 4) is 5.75 Å². The first kappa shape index (κ1) is 9.91. The summed E-state index contributed by atoms with van der Waals surface area (Å²) in [5.41, 5.74) is 0. The second kappa shape index (κ2) is 4.68. The molecule has 0 radical (unpaired) electrons. The van der Waals surface area contributed by atoms with E-state index in [9.17, 15) is 0 Å². The molecular weight excluding hydrogens is 142 g/mol. The predicted octanol–water partition coefficient (Wildman–Crippen LogP) is -0.847. The van der Waals surface area contributed by atoms with Gasteiger partial charge in [-0.15, -0.1) is 6.07 Å². The Morgan fingerprint density at radius 2 is 2.30 bits per heavy atom. The zero-order chi connectivity index (χ0) is 6.69. The molecule has 0 amide bonds. The fourth-order valence-electron chi connectivity index (χ4n) is 0.561. The summed E-state index contributed by atoms with van der Waals surface area (Å²) in [5, 5.41) is 0.597. The van der Waals surface area contributed by atoms with Crippen molar-refractivity contribution in [1.82, 2.24) is 0 Å². The van der Waals surface area contributed by atoms with Gasteiger partial charge in [0, 0.05) is 5.75 Å². The van der Waals surface area contributed by atoms with E-state index in [-0.39, 0.29) is 18.9 Å². The topological polar surface area (TPSA) is 9.23 Å². The van der Waals surface area contributed by atoms with E-state index >= 15 is 0 Å². The zero-order valence-corrected chi connectivity index (χ0v) is 6.77. The van der Waals surface area contributed by atoms with Gasteiger partial charge < -0.3 is 4.74 Å². The van der Waals surface area contributed by atoms with Crippen molar-refractivity contribution in [2.75, 3.05) is 7.11 Å². The monoisotopic (exact) mass is 148 g/mol. The number of hydrogen-bond donors (Lipinski definition) is 0. The largest absolute Gasteiger partial charge is 1.00 e. The summed E-state index contributed by atoms with van der Waals surface area (Å²) in [6, 6.07) is 8.01. The molecule has 0 saturated carbocycles. The first-order chi connectivity index (χ1) is 4.34. The van der Waals surface area contributed by atoms with Gasteiger partial charge in [0.2, 0.25) is 0 Å². The first-order valence-corrected chi connectivity index (χ1v) is 2.92. The molecule has 1 aromatic carbocycles. The van der Waals surface area contributed by atoms with Crippen molar-refractivity contribution in [2.24, 2.45) is 0 Å². The number of hydrogen-bond acceptors (Lipinski definition) is 1. The molecule has 0 heterocycles. The number of methoxy groups -OCH3 is 1. The summed E-state index contributed by atoms with van der Waals surface area (Å²) in [4.78, 5) is 0. The van der Waals surface area contributed by atoms with Gasteiger partial charge in [0.05, 0.1) is 7.11 Å². The van der Waals surface area contributed by atoms with Crippen molar-refractivity contribution in [1.29, 1.82) is 0 Å². The van der Waals surface area contributed by atoms with Crippen LogP contribution in [0.4, 0.5) is 0 Å². The van der Waals surface area contributed by atoms with Gasteiger partial charge >= 0.3 is 18.9 Å². The molecule has 10 heavy (non-hydrogen) atoms. The molecule has 0 unspecified atom stereocenters. The van der Waals surface area contributed by atoms with Crippen LogP contribution < -0.4 is 23.6 Å². The minimum absolute atomic E-state index is 0. The molecule has 1 rings (SSSR count). The van der Waals surface area contributed by atoms with Crippen molar-refractivity contribution >= 4 is 11.6 Å². The van der Waals surface area contributed by atoms with Gasteiger partial charge in [-0.2, -0.15) is 29.8 Å². The van der Waals surface area contributed by atoms with E-state index in [1.54, 1.807) is 25.3 Å². The molecule has 0 N–H and O–H groups in total. The minimum atomic E-state index is 0. The maximum Gasteiger partial charge on any atom is 1.00 e. The number of halogens is 1. The van der Waals surface area contributed by atoms with Crippen LogP contribution in [0, 0.1) is 6.07 Å². The Bertz CT molecular complexity index is 203. The predicted molar refractivity (Wildman–Crippen MR) is 36.8 cm³/mol. The SMILES string of the molecule is COc1cc[c-]cc1Cl.[Li+]. The van der Waals surface area contributed by atoms with Crippen LogP contribution in [0.5, 0.6) is 5.75 Å². The molecule has 0 atom stereocenters. The van der Waals surface area contributed by atoms with Gasteiger partial charge in [-0.05, 0) is 5.02 Å². The Labute approximate surface area is 77.5 Å². The van der Waals surface area contributed by atoms with Gasteiger partial charge in [-0.1, -0.05) is 0 Å². The summed E-state index contributed by atoms with van der Waals surface area (Å²) in [6.45, 7) is 0. The molecule has 0 fully saturated rings. The third kappa shape index (κ3) is 2.26. The van der Waals surface area contributed by atoms with Crippen LogP contribution >= 0.6 is 11.6 Å². The third-order valence-electron chi connectivity index (χ3n) is 0.996. The molecule has 0 aliphatic rings. The Balaban J connectivity index is 0.000000810. The molecule has 0 aliphatic carbocycles. The molecule has 0 bridgehead atoms. The summed E-state index contributed by atoms with van der Waals surface area (Å²) in [5.74, 6) is 0.690. The molecule has 48 valence electrons. The van der Waals surface area contributed by atoms with E-state index < -0.39 is 0 Å². The van der Waals surface area contributed by atoms with E-state index in [1.807, 2.05) is 0 Å². The summed E-state index contributed by atoms with van der Waals surface area (Å²) in [7, 11) is 1.58. The first-order valence-electron chi connectivity index (χ1n) is 2.54. The van der Waals surface area contributed by atoms with Crippen molar-refractivity contribution in [2.45, 2.75) is 0 Å². The van der Waals surface area contributed by atoms with E-state index in [4.69, 9.17) is 16.3 Å². The summed E-state index contributed by atoms with van der Waals surface area (Å²) in [6.07, 6.45) is 0. The van der Waals surface area contributed by atoms with Crippen LogP contribution in [0.3, 0.4) is 0 Å². The van der Waals surface area contributed by atoms with Crippen LogP contribution in [-0.4, -0.2) is 7.11 Å². The Morgan fingerprint density at radius 3 is 2.70 bits per heavy atom. The van der Waals surface area contributed by atoms with Gasteiger partial charge in [-0.25, -0.2) is 0 Å². The normalized spacial score (nSPS) is 8.20. The maximum atomic E-state index is 5.67. The molecule has 0 saturated heterocycles. The van der Waals surface area contributed by atoms with Gasteiger partial charge in [0.15, 0.2) is 0 Å². The molecule has 1 nitrogen and oxygen atoms in total. The quantitative estimate of drug-likeness (QED) is 0.373. The minimum Gasteiger partial charge on any atom is -0.521 e. The smallest absolute Gasteiger partial charge is 0.521 e. The molecule has 0 aliphatic heterocycles. The molecule has 3 heteroatoms. The van der Waals surface area contributed by atoms with Crippen LogP contribution in [0.15, 0.2) is 18.2 Å².